The molecule has 26 heavy (non-hydrogen) atoms. The lowest BCUT2D eigenvalue weighted by Gasteiger charge is -2.40. The number of rotatable bonds is 7. The topological polar surface area (TPSA) is 108 Å². The monoisotopic (exact) mass is 421 g/mol. The largest absolute Gasteiger partial charge is 0.481 e. The van der Waals surface area contributed by atoms with Crippen LogP contribution in [0.4, 0.5) is 0 Å². The number of hydroxylamine groups is 2. The van der Waals surface area contributed by atoms with E-state index in [1.807, 2.05) is 10.8 Å². The number of aliphatic carboxylic acids is 1. The summed E-state index contributed by atoms with van der Waals surface area (Å²) in [6, 6.07) is 0.119. The van der Waals surface area contributed by atoms with E-state index in [1.165, 1.54) is 11.9 Å². The zero-order valence-electron chi connectivity index (χ0n) is 14.4. The van der Waals surface area contributed by atoms with E-state index in [-0.39, 0.29) is 36.9 Å². The molecule has 0 aromatic heterocycles. The Hall–Kier alpha value is -0.460. The van der Waals surface area contributed by atoms with Crippen molar-refractivity contribution in [1.29, 1.82) is 0 Å². The lowest BCUT2D eigenvalue weighted by Crippen LogP contribution is -2.44. The van der Waals surface area contributed by atoms with Gasteiger partial charge in [-0.15, -0.1) is 0 Å². The number of nitrogens with zero attached hydrogens (tertiary/aromatic N) is 1. The maximum Gasteiger partial charge on any atom is 0.306 e. The highest BCUT2D eigenvalue weighted by molar-refractivity contribution is 8.80. The fourth-order valence-corrected chi connectivity index (χ4v) is 7.10. The summed E-state index contributed by atoms with van der Waals surface area (Å²) in [5.74, 6) is -1.70. The van der Waals surface area contributed by atoms with Gasteiger partial charge < -0.3 is 5.11 Å². The van der Waals surface area contributed by atoms with Crippen LogP contribution in [0.15, 0.2) is 0 Å². The first-order valence-electron chi connectivity index (χ1n) is 8.60. The molecule has 2 heterocycles. The summed E-state index contributed by atoms with van der Waals surface area (Å²) in [5.41, 5.74) is 0. The van der Waals surface area contributed by atoms with Crippen LogP contribution in [0.25, 0.3) is 0 Å². The van der Waals surface area contributed by atoms with Crippen LogP contribution in [0.1, 0.15) is 32.1 Å². The van der Waals surface area contributed by atoms with Crippen LogP contribution >= 0.6 is 33.5 Å². The van der Waals surface area contributed by atoms with Gasteiger partial charge in [-0.1, -0.05) is 33.5 Å². The number of carbonyl (C=O) groups excluding carboxylic acids is 2. The first-order chi connectivity index (χ1) is 12.5. The van der Waals surface area contributed by atoms with Gasteiger partial charge in [0, 0.05) is 16.5 Å². The number of imide groups is 1. The first kappa shape index (κ1) is 20.3. The van der Waals surface area contributed by atoms with Gasteiger partial charge in [-0.2, -0.15) is 5.06 Å². The molecule has 5 atom stereocenters. The molecule has 1 saturated carbocycles. The Morgan fingerprint density at radius 1 is 1.31 bits per heavy atom. The van der Waals surface area contributed by atoms with E-state index in [1.54, 1.807) is 17.8 Å². The average molecular weight is 422 g/mol. The van der Waals surface area contributed by atoms with Crippen LogP contribution in [0, 0.1) is 5.92 Å². The van der Waals surface area contributed by atoms with Crippen molar-refractivity contribution < 1.29 is 24.3 Å². The Morgan fingerprint density at radius 3 is 2.69 bits per heavy atom. The second kappa shape index (κ2) is 9.16. The molecule has 3 N–H and O–H groups in total. The Balaban J connectivity index is 1.48. The highest BCUT2D eigenvalue weighted by Crippen LogP contribution is 2.53. The van der Waals surface area contributed by atoms with Gasteiger partial charge in [0.15, 0.2) is 0 Å². The number of hydrogen-bond acceptors (Lipinski definition) is 9. The smallest absolute Gasteiger partial charge is 0.306 e. The van der Waals surface area contributed by atoms with Crippen LogP contribution in [0.2, 0.25) is 0 Å². The summed E-state index contributed by atoms with van der Waals surface area (Å²) in [5, 5.41) is 13.9. The van der Waals surface area contributed by atoms with E-state index in [4.69, 9.17) is 4.84 Å². The van der Waals surface area contributed by atoms with Gasteiger partial charge in [-0.3, -0.25) is 24.4 Å². The number of hydrogen-bond donors (Lipinski definition) is 3. The van der Waals surface area contributed by atoms with Crippen molar-refractivity contribution in [1.82, 2.24) is 15.1 Å². The van der Waals surface area contributed by atoms with Crippen molar-refractivity contribution in [2.75, 3.05) is 13.8 Å². The molecule has 8 nitrogen and oxygen atoms in total. The highest BCUT2D eigenvalue weighted by atomic mass is 33.1. The molecule has 2 amide bonds. The lowest BCUT2D eigenvalue weighted by atomic mass is 9.88. The Morgan fingerprint density at radius 2 is 2.04 bits per heavy atom. The van der Waals surface area contributed by atoms with E-state index >= 15 is 0 Å². The van der Waals surface area contributed by atoms with Crippen LogP contribution in [-0.4, -0.2) is 63.5 Å². The zero-order valence-corrected chi connectivity index (χ0v) is 16.8. The second-order valence-electron chi connectivity index (χ2n) is 6.57. The minimum atomic E-state index is -0.723. The summed E-state index contributed by atoms with van der Waals surface area (Å²) < 4.78 is 2.82. The summed E-state index contributed by atoms with van der Waals surface area (Å²) in [6.07, 6.45) is 3.19. The molecule has 2 aliphatic heterocycles. The van der Waals surface area contributed by atoms with Crippen molar-refractivity contribution in [3.63, 3.8) is 0 Å². The predicted molar refractivity (Wildman–Crippen MR) is 102 cm³/mol. The molecule has 0 aromatic rings. The summed E-state index contributed by atoms with van der Waals surface area (Å²) >= 11 is 1.21. The van der Waals surface area contributed by atoms with Crippen molar-refractivity contribution in [3.05, 3.63) is 0 Å². The summed E-state index contributed by atoms with van der Waals surface area (Å²) in [4.78, 5) is 40.8. The lowest BCUT2D eigenvalue weighted by molar-refractivity contribution is -0.190. The molecular weight excluding hydrogens is 398 g/mol. The number of carboxylic acid groups (broad SMARTS) is 1. The van der Waals surface area contributed by atoms with Gasteiger partial charge in [0.25, 0.3) is 11.8 Å². The van der Waals surface area contributed by atoms with Gasteiger partial charge in [-0.25, -0.2) is 4.84 Å². The predicted octanol–water partition coefficient (Wildman–Crippen LogP) is 1.24. The maximum atomic E-state index is 12.1. The number of nitrogens with one attached hydrogen (secondary N) is 2. The third kappa shape index (κ3) is 4.68. The third-order valence-electron chi connectivity index (χ3n) is 4.85. The molecule has 5 unspecified atom stereocenters. The van der Waals surface area contributed by atoms with Gasteiger partial charge in [-0.05, 0) is 32.7 Å². The van der Waals surface area contributed by atoms with Crippen LogP contribution in [0.3, 0.4) is 0 Å². The maximum absolute atomic E-state index is 12.1. The number of carbonyl (C=O) groups is 3. The molecular formula is C15H23N3O5S3. The molecule has 3 rings (SSSR count). The summed E-state index contributed by atoms with van der Waals surface area (Å²) in [7, 11) is 5.29. The molecule has 2 saturated heterocycles. The minimum Gasteiger partial charge on any atom is -0.481 e. The van der Waals surface area contributed by atoms with E-state index < -0.39 is 11.2 Å². The van der Waals surface area contributed by atoms with Crippen molar-refractivity contribution >= 4 is 51.3 Å². The van der Waals surface area contributed by atoms with E-state index in [2.05, 4.69) is 10.0 Å². The van der Waals surface area contributed by atoms with Gasteiger partial charge in [0.05, 0.1) is 12.3 Å². The number of fused-ring (bicyclic) bond motifs is 1. The molecule has 0 bridgehead atoms. The molecule has 1 aliphatic carbocycles. The number of amides is 2. The molecule has 0 aromatic carbocycles. The number of carboxylic acids is 1. The van der Waals surface area contributed by atoms with Crippen LogP contribution in [0.5, 0.6) is 0 Å². The fourth-order valence-electron chi connectivity index (χ4n) is 3.38. The van der Waals surface area contributed by atoms with Gasteiger partial charge in [0.1, 0.15) is 12.0 Å². The molecule has 0 radical (unpaired) electrons. The standard InChI is InChI=1S/C15H23N3O5S3/c1-16-24-12-6-13(19)18(14(12)20)23-7-17-9-3-2-8(15(21)22)4-10-11(5-9)26-25-10/h8-12,16-17H,2-7H2,1H3,(H,21,22). The van der Waals surface area contributed by atoms with Crippen LogP contribution < -0.4 is 10.0 Å². The van der Waals surface area contributed by atoms with E-state index in [0.717, 1.165) is 24.3 Å². The minimum absolute atomic E-state index is 0.0615. The fraction of sp³-hybridized carbons (Fsp3) is 0.800. The van der Waals surface area contributed by atoms with Crippen molar-refractivity contribution in [2.24, 2.45) is 5.92 Å². The normalized spacial score (nSPS) is 34.8. The molecule has 3 fully saturated rings. The van der Waals surface area contributed by atoms with E-state index in [0.29, 0.717) is 16.9 Å². The Labute approximate surface area is 164 Å². The molecule has 0 spiro atoms. The van der Waals surface area contributed by atoms with Crippen LogP contribution in [-0.2, 0) is 19.2 Å². The Bertz CT molecular complexity index is 567. The summed E-state index contributed by atoms with van der Waals surface area (Å²) in [6.45, 7) is 0.0615. The first-order valence-corrected chi connectivity index (χ1v) is 11.8. The highest BCUT2D eigenvalue weighted by Gasteiger charge is 2.41. The quantitative estimate of drug-likeness (QED) is 0.240. The van der Waals surface area contributed by atoms with Gasteiger partial charge >= 0.3 is 5.97 Å². The van der Waals surface area contributed by atoms with Crippen molar-refractivity contribution in [2.45, 2.75) is 53.9 Å². The van der Waals surface area contributed by atoms with E-state index in [9.17, 15) is 19.5 Å². The van der Waals surface area contributed by atoms with Crippen molar-refractivity contribution in [3.8, 4) is 0 Å². The third-order valence-corrected chi connectivity index (χ3v) is 9.38. The average Bonchev–Trinajstić information content (AvgIpc) is 2.84. The van der Waals surface area contributed by atoms with Gasteiger partial charge in [0.2, 0.25) is 0 Å². The second-order valence-corrected chi connectivity index (χ2v) is 10.5. The molecule has 146 valence electrons. The zero-order chi connectivity index (χ0) is 18.7. The SMILES string of the molecule is CNSC1CC(=O)N(OCNC2CCC(C(=O)O)CC3SSC3C2)C1=O. The molecule has 3 aliphatic rings. The Kier molecular flexibility index (Phi) is 7.14. The molecule has 11 heteroatoms.